The molecule has 0 amide bonds. The molecule has 0 N–H and O–H groups in total. The second-order valence-corrected chi connectivity index (χ2v) is 5.62. The minimum Gasteiger partial charge on any atom is -0.299 e. The average molecular weight is 229 g/mol. The minimum absolute atomic E-state index is 0.405. The number of hydrogen-bond donors (Lipinski definition) is 0. The Bertz CT molecular complexity index is 236. The van der Waals surface area contributed by atoms with Crippen LogP contribution in [0.15, 0.2) is 0 Å². The van der Waals surface area contributed by atoms with Crippen LogP contribution in [-0.4, -0.2) is 10.6 Å². The van der Waals surface area contributed by atoms with Crippen LogP contribution in [0.2, 0.25) is 0 Å². The van der Waals surface area contributed by atoms with Crippen molar-refractivity contribution in [2.75, 3.05) is 0 Å². The Morgan fingerprint density at radius 1 is 1.17 bits per heavy atom. The fourth-order valence-corrected chi connectivity index (χ4v) is 5.05. The number of halogens is 1. The number of alkyl halides is 1. The van der Waals surface area contributed by atoms with E-state index in [9.17, 15) is 4.79 Å². The van der Waals surface area contributed by atoms with E-state index in [4.69, 9.17) is 0 Å². The van der Waals surface area contributed by atoms with Crippen LogP contribution in [0.4, 0.5) is 0 Å². The van der Waals surface area contributed by atoms with E-state index in [1.54, 1.807) is 0 Å². The Kier molecular flexibility index (Phi) is 1.47. The van der Waals surface area contributed by atoms with Crippen molar-refractivity contribution in [3.63, 3.8) is 0 Å². The normalized spacial score (nSPS) is 56.4. The minimum atomic E-state index is 0.405. The summed E-state index contributed by atoms with van der Waals surface area (Å²) in [4.78, 5) is 12.1. The van der Waals surface area contributed by atoms with Crippen LogP contribution < -0.4 is 0 Å². The second kappa shape index (κ2) is 2.34. The van der Waals surface area contributed by atoms with Gasteiger partial charge in [-0.25, -0.2) is 0 Å². The van der Waals surface area contributed by atoms with Crippen molar-refractivity contribution in [1.82, 2.24) is 0 Å². The van der Waals surface area contributed by atoms with E-state index in [2.05, 4.69) is 15.9 Å². The highest BCUT2D eigenvalue weighted by Crippen LogP contribution is 2.59. The number of fused-ring (bicyclic) bond motifs is 5. The summed E-state index contributed by atoms with van der Waals surface area (Å²) in [5.41, 5.74) is 0. The maximum absolute atomic E-state index is 11.6. The van der Waals surface area contributed by atoms with Crippen LogP contribution in [0.25, 0.3) is 0 Å². The van der Waals surface area contributed by atoms with Crippen molar-refractivity contribution in [2.24, 2.45) is 23.7 Å². The van der Waals surface area contributed by atoms with Gasteiger partial charge < -0.3 is 0 Å². The van der Waals surface area contributed by atoms with Gasteiger partial charge in [0.1, 0.15) is 5.78 Å². The van der Waals surface area contributed by atoms with Gasteiger partial charge >= 0.3 is 0 Å². The molecule has 3 aliphatic carbocycles. The van der Waals surface area contributed by atoms with E-state index >= 15 is 0 Å². The van der Waals surface area contributed by atoms with E-state index < -0.39 is 0 Å². The molecule has 5 atom stereocenters. The zero-order chi connectivity index (χ0) is 8.29. The van der Waals surface area contributed by atoms with Crippen molar-refractivity contribution >= 4 is 21.7 Å². The fraction of sp³-hybridized carbons (Fsp3) is 0.900. The lowest BCUT2D eigenvalue weighted by molar-refractivity contribution is -0.123. The molecule has 0 aromatic rings. The van der Waals surface area contributed by atoms with Gasteiger partial charge in [-0.1, -0.05) is 22.4 Å². The molecule has 0 radical (unpaired) electrons. The molecule has 3 rings (SSSR count). The molecule has 0 aliphatic heterocycles. The maximum atomic E-state index is 11.6. The Labute approximate surface area is 81.0 Å². The third-order valence-electron chi connectivity index (χ3n) is 4.20. The van der Waals surface area contributed by atoms with Crippen LogP contribution in [0.5, 0.6) is 0 Å². The van der Waals surface area contributed by atoms with Gasteiger partial charge in [0.15, 0.2) is 0 Å². The number of carbonyl (C=O) groups excluding carboxylic acids is 1. The molecule has 2 bridgehead atoms. The standard InChI is InChI=1S/C10H13BrO/c11-10-7-4-8(12)9(10)6-3-1-2-5(6)7/h5-7,9-10H,1-4H2/t5-,6+,7-,9-,10+/m1/s1. The van der Waals surface area contributed by atoms with E-state index in [0.717, 1.165) is 18.3 Å². The molecule has 0 heterocycles. The Hall–Kier alpha value is 0.150. The van der Waals surface area contributed by atoms with Gasteiger partial charge in [-0.2, -0.15) is 0 Å². The lowest BCUT2D eigenvalue weighted by Gasteiger charge is -2.22. The van der Waals surface area contributed by atoms with Crippen molar-refractivity contribution in [3.8, 4) is 0 Å². The number of rotatable bonds is 0. The summed E-state index contributed by atoms with van der Waals surface area (Å²) < 4.78 is 0. The SMILES string of the molecule is O=C1C[C@H]2[C@H](Br)[C@@H]1[C@H]1CCC[C@@H]21. The van der Waals surface area contributed by atoms with Crippen molar-refractivity contribution in [3.05, 3.63) is 0 Å². The average Bonchev–Trinajstić information content (AvgIpc) is 2.61. The smallest absolute Gasteiger partial charge is 0.137 e. The largest absolute Gasteiger partial charge is 0.299 e. The molecule has 3 aliphatic rings. The molecule has 0 aromatic heterocycles. The number of ketones is 1. The first-order valence-corrected chi connectivity index (χ1v) is 5.87. The number of hydrogen-bond acceptors (Lipinski definition) is 1. The first kappa shape index (κ1) is 7.54. The summed E-state index contributed by atoms with van der Waals surface area (Å²) in [5.74, 6) is 3.32. The van der Waals surface area contributed by atoms with Crippen molar-refractivity contribution < 1.29 is 4.79 Å². The van der Waals surface area contributed by atoms with Gasteiger partial charge in [0.05, 0.1) is 0 Å². The number of carbonyl (C=O) groups is 1. The molecule has 0 spiro atoms. The molecule has 12 heavy (non-hydrogen) atoms. The number of Topliss-reactive ketones (excluding diaryl/α,β-unsaturated/α-hetero) is 1. The quantitative estimate of drug-likeness (QED) is 0.583. The molecule has 0 saturated heterocycles. The predicted octanol–water partition coefficient (Wildman–Crippen LogP) is 2.39. The summed E-state index contributed by atoms with van der Waals surface area (Å²) in [6.07, 6.45) is 4.96. The third-order valence-corrected chi connectivity index (χ3v) is 5.45. The molecule has 66 valence electrons. The lowest BCUT2D eigenvalue weighted by atomic mass is 9.81. The lowest BCUT2D eigenvalue weighted by Crippen LogP contribution is -2.24. The highest BCUT2D eigenvalue weighted by atomic mass is 79.9. The van der Waals surface area contributed by atoms with E-state index in [-0.39, 0.29) is 0 Å². The van der Waals surface area contributed by atoms with Gasteiger partial charge in [-0.05, 0) is 30.6 Å². The summed E-state index contributed by atoms with van der Waals surface area (Å²) in [5, 5.41) is 0. The molecule has 3 fully saturated rings. The summed E-state index contributed by atoms with van der Waals surface area (Å²) in [6.45, 7) is 0. The van der Waals surface area contributed by atoms with Crippen LogP contribution >= 0.6 is 15.9 Å². The van der Waals surface area contributed by atoms with Crippen LogP contribution in [0.1, 0.15) is 25.7 Å². The van der Waals surface area contributed by atoms with Crippen molar-refractivity contribution in [1.29, 1.82) is 0 Å². The molecule has 3 saturated carbocycles. The summed E-state index contributed by atoms with van der Waals surface area (Å²) in [6, 6.07) is 0. The summed E-state index contributed by atoms with van der Waals surface area (Å²) in [7, 11) is 0. The van der Waals surface area contributed by atoms with Crippen LogP contribution in [0.3, 0.4) is 0 Å². The second-order valence-electron chi connectivity index (χ2n) is 4.56. The van der Waals surface area contributed by atoms with Gasteiger partial charge in [-0.3, -0.25) is 4.79 Å². The first-order valence-electron chi connectivity index (χ1n) is 4.96. The van der Waals surface area contributed by atoms with Crippen molar-refractivity contribution in [2.45, 2.75) is 30.5 Å². The van der Waals surface area contributed by atoms with Gasteiger partial charge in [0.25, 0.3) is 0 Å². The Balaban J connectivity index is 1.99. The molecular weight excluding hydrogens is 216 g/mol. The van der Waals surface area contributed by atoms with Gasteiger partial charge in [0.2, 0.25) is 0 Å². The molecular formula is C10H13BrO. The molecule has 2 heteroatoms. The van der Waals surface area contributed by atoms with Gasteiger partial charge in [-0.15, -0.1) is 0 Å². The summed E-state index contributed by atoms with van der Waals surface area (Å²) >= 11 is 3.71. The van der Waals surface area contributed by atoms with Crippen LogP contribution in [0, 0.1) is 23.7 Å². The Morgan fingerprint density at radius 2 is 1.92 bits per heavy atom. The monoisotopic (exact) mass is 228 g/mol. The topological polar surface area (TPSA) is 17.1 Å². The highest BCUT2D eigenvalue weighted by Gasteiger charge is 2.58. The first-order chi connectivity index (χ1) is 5.79. The zero-order valence-corrected chi connectivity index (χ0v) is 8.59. The van der Waals surface area contributed by atoms with E-state index in [1.807, 2.05) is 0 Å². The zero-order valence-electron chi connectivity index (χ0n) is 7.00. The fourth-order valence-electron chi connectivity index (χ4n) is 3.78. The Morgan fingerprint density at radius 3 is 2.75 bits per heavy atom. The van der Waals surface area contributed by atoms with Gasteiger partial charge in [0, 0.05) is 17.2 Å². The molecule has 0 aromatic carbocycles. The third kappa shape index (κ3) is 0.729. The van der Waals surface area contributed by atoms with E-state index in [1.165, 1.54) is 19.3 Å². The maximum Gasteiger partial charge on any atom is 0.137 e. The highest BCUT2D eigenvalue weighted by molar-refractivity contribution is 9.09. The predicted molar refractivity (Wildman–Crippen MR) is 50.2 cm³/mol. The molecule has 1 nitrogen and oxygen atoms in total. The van der Waals surface area contributed by atoms with Crippen LogP contribution in [-0.2, 0) is 4.79 Å². The molecule has 0 unspecified atom stereocenters. The van der Waals surface area contributed by atoms with E-state index in [0.29, 0.717) is 22.4 Å².